The number of nitrogens with two attached hydrogens (primary N) is 2. The number of amides is 1. The number of piperidine rings is 1. The highest BCUT2D eigenvalue weighted by Crippen LogP contribution is 2.29. The van der Waals surface area contributed by atoms with Crippen molar-refractivity contribution in [2.75, 3.05) is 13.1 Å². The molecule has 0 radical (unpaired) electrons. The number of nitrogens with zero attached hydrogens (tertiary/aromatic N) is 3. The number of hydrogen-bond donors (Lipinski definition) is 5. The van der Waals surface area contributed by atoms with Gasteiger partial charge in [0.15, 0.2) is 5.84 Å². The lowest BCUT2D eigenvalue weighted by atomic mass is 10.1. The zero-order valence-corrected chi connectivity index (χ0v) is 18.1. The van der Waals surface area contributed by atoms with E-state index in [4.69, 9.17) is 16.9 Å². The predicted molar refractivity (Wildman–Crippen MR) is 126 cm³/mol. The molecule has 1 saturated carbocycles. The Morgan fingerprint density at radius 2 is 2.03 bits per heavy atom. The first-order valence-electron chi connectivity index (χ1n) is 11.0. The molecule has 7 N–H and O–H groups in total. The molecule has 4 rings (SSSR count). The molecule has 1 aliphatic heterocycles. The third kappa shape index (κ3) is 5.49. The number of carbonyl (C=O) groups is 1. The monoisotopic (exact) mass is 434 g/mol. The first kappa shape index (κ1) is 21.9. The molecule has 168 valence electrons. The first-order chi connectivity index (χ1) is 15.5. The van der Waals surface area contributed by atoms with E-state index in [1.165, 1.54) is 6.34 Å². The second-order valence-corrected chi connectivity index (χ2v) is 8.39. The Kier molecular flexibility index (Phi) is 6.77. The Bertz CT molecular complexity index is 1030. The van der Waals surface area contributed by atoms with E-state index in [1.807, 2.05) is 24.4 Å². The quantitative estimate of drug-likeness (QED) is 0.348. The molecule has 1 aromatic heterocycles. The number of aromatic amines is 1. The molecule has 2 heterocycles. The van der Waals surface area contributed by atoms with Crippen LogP contribution in [0.15, 0.2) is 46.5 Å². The Hall–Kier alpha value is -3.30. The van der Waals surface area contributed by atoms with Crippen LogP contribution in [0.1, 0.15) is 42.5 Å². The normalized spacial score (nSPS) is 18.2. The fourth-order valence-corrected chi connectivity index (χ4v) is 3.81. The highest BCUT2D eigenvalue weighted by Gasteiger charge is 2.30. The summed E-state index contributed by atoms with van der Waals surface area (Å²) in [6, 6.07) is 9.50. The molecule has 1 amide bonds. The predicted octanol–water partition coefficient (Wildman–Crippen LogP) is 1.85. The molecule has 1 saturated heterocycles. The maximum Gasteiger partial charge on any atom is 0.228 e. The van der Waals surface area contributed by atoms with Gasteiger partial charge in [-0.05, 0) is 62.5 Å². The van der Waals surface area contributed by atoms with Crippen molar-refractivity contribution in [2.24, 2.45) is 27.4 Å². The van der Waals surface area contributed by atoms with Crippen LogP contribution in [0.25, 0.3) is 0 Å². The van der Waals surface area contributed by atoms with Gasteiger partial charge in [0.05, 0.1) is 17.7 Å². The van der Waals surface area contributed by atoms with Crippen LogP contribution in [0.5, 0.6) is 0 Å². The van der Waals surface area contributed by atoms with Gasteiger partial charge in [0, 0.05) is 30.3 Å². The summed E-state index contributed by atoms with van der Waals surface area (Å²) in [6.45, 7) is 2.72. The molecule has 9 nitrogen and oxygen atoms in total. The van der Waals surface area contributed by atoms with E-state index in [0.717, 1.165) is 56.6 Å². The van der Waals surface area contributed by atoms with Crippen molar-refractivity contribution in [1.82, 2.24) is 15.2 Å². The van der Waals surface area contributed by atoms with Gasteiger partial charge in [-0.1, -0.05) is 12.1 Å². The first-order valence-corrected chi connectivity index (χ1v) is 11.0. The molecular formula is C23H30N8O. The van der Waals surface area contributed by atoms with Crippen molar-refractivity contribution >= 4 is 29.6 Å². The van der Waals surface area contributed by atoms with Crippen molar-refractivity contribution < 1.29 is 4.79 Å². The lowest BCUT2D eigenvalue weighted by Gasteiger charge is -2.30. The van der Waals surface area contributed by atoms with Crippen molar-refractivity contribution in [2.45, 2.75) is 38.3 Å². The summed E-state index contributed by atoms with van der Waals surface area (Å²) in [6.07, 6.45) is 6.89. The fraction of sp³-hybridized carbons (Fsp3) is 0.391. The van der Waals surface area contributed by atoms with Gasteiger partial charge in [0.25, 0.3) is 0 Å². The SMILES string of the molecule is N=C(NC(=O)C1CC1)c1cccc(N=C(N=CN)c2[nH]ccc2CN2CCC(N)CC2)c1. The van der Waals surface area contributed by atoms with Crippen molar-refractivity contribution in [3.63, 3.8) is 0 Å². The molecule has 0 bridgehead atoms. The van der Waals surface area contributed by atoms with Crippen molar-refractivity contribution in [1.29, 1.82) is 5.41 Å². The zero-order chi connectivity index (χ0) is 22.5. The van der Waals surface area contributed by atoms with Crippen LogP contribution in [0.3, 0.4) is 0 Å². The molecule has 0 unspecified atom stereocenters. The second kappa shape index (κ2) is 9.88. The standard InChI is InChI=1S/C23H30N8O/c24-14-28-22(20-17(6-9-27-20)13-31-10-7-18(25)8-11-31)29-19-3-1-2-16(12-19)21(26)30-23(32)15-4-5-15/h1-3,6,9,12,14-15,18,27H,4-5,7-8,10-11,13,25H2,(H2,24,28,29)(H2,26,30,32). The molecule has 0 spiro atoms. The van der Waals surface area contributed by atoms with E-state index < -0.39 is 0 Å². The average molecular weight is 435 g/mol. The van der Waals surface area contributed by atoms with E-state index in [1.54, 1.807) is 12.1 Å². The zero-order valence-electron chi connectivity index (χ0n) is 18.1. The number of H-pyrrole nitrogens is 1. The van der Waals surface area contributed by atoms with Crippen molar-refractivity contribution in [3.05, 3.63) is 53.3 Å². The van der Waals surface area contributed by atoms with Crippen LogP contribution >= 0.6 is 0 Å². The molecular weight excluding hydrogens is 404 g/mol. The molecule has 1 aliphatic carbocycles. The van der Waals surface area contributed by atoms with Crippen LogP contribution in [-0.2, 0) is 11.3 Å². The number of likely N-dealkylation sites (tertiary alicyclic amines) is 1. The van der Waals surface area contributed by atoms with Crippen LogP contribution in [-0.4, -0.2) is 52.9 Å². The summed E-state index contributed by atoms with van der Waals surface area (Å²) in [5, 5.41) is 10.9. The molecule has 2 aromatic rings. The fourth-order valence-electron chi connectivity index (χ4n) is 3.81. The summed E-state index contributed by atoms with van der Waals surface area (Å²) < 4.78 is 0. The third-order valence-electron chi connectivity index (χ3n) is 5.85. The summed E-state index contributed by atoms with van der Waals surface area (Å²) in [5.74, 6) is 0.495. The minimum atomic E-state index is -0.0907. The summed E-state index contributed by atoms with van der Waals surface area (Å²) >= 11 is 0. The van der Waals surface area contributed by atoms with Gasteiger partial charge >= 0.3 is 0 Å². The molecule has 0 atom stereocenters. The number of rotatable bonds is 6. The Morgan fingerprint density at radius 1 is 1.25 bits per heavy atom. The van der Waals surface area contributed by atoms with E-state index in [0.29, 0.717) is 17.1 Å². The maximum absolute atomic E-state index is 12.0. The van der Waals surface area contributed by atoms with Crippen LogP contribution in [0.4, 0.5) is 5.69 Å². The lowest BCUT2D eigenvalue weighted by Crippen LogP contribution is -2.39. The second-order valence-electron chi connectivity index (χ2n) is 8.39. The maximum atomic E-state index is 12.0. The molecule has 2 aliphatic rings. The molecule has 2 fully saturated rings. The Morgan fingerprint density at radius 3 is 2.75 bits per heavy atom. The Balaban J connectivity index is 1.53. The number of hydrogen-bond acceptors (Lipinski definition) is 5. The Labute approximate surface area is 187 Å². The van der Waals surface area contributed by atoms with Gasteiger partial charge in [-0.15, -0.1) is 0 Å². The summed E-state index contributed by atoms with van der Waals surface area (Å²) in [5.41, 5.74) is 14.8. The van der Waals surface area contributed by atoms with Crippen LogP contribution in [0, 0.1) is 11.3 Å². The van der Waals surface area contributed by atoms with E-state index in [-0.39, 0.29) is 23.7 Å². The van der Waals surface area contributed by atoms with Gasteiger partial charge in [0.2, 0.25) is 5.91 Å². The van der Waals surface area contributed by atoms with Gasteiger partial charge in [-0.2, -0.15) is 0 Å². The van der Waals surface area contributed by atoms with Crippen LogP contribution < -0.4 is 16.8 Å². The van der Waals surface area contributed by atoms with Gasteiger partial charge < -0.3 is 21.8 Å². The summed E-state index contributed by atoms with van der Waals surface area (Å²) in [7, 11) is 0. The highest BCUT2D eigenvalue weighted by molar-refractivity contribution is 6.08. The smallest absolute Gasteiger partial charge is 0.228 e. The van der Waals surface area contributed by atoms with Gasteiger partial charge in [0.1, 0.15) is 5.84 Å². The minimum Gasteiger partial charge on any atom is -0.390 e. The van der Waals surface area contributed by atoms with Crippen molar-refractivity contribution in [3.8, 4) is 0 Å². The van der Waals surface area contributed by atoms with E-state index in [2.05, 4.69) is 25.2 Å². The lowest BCUT2D eigenvalue weighted by molar-refractivity contribution is -0.120. The van der Waals surface area contributed by atoms with Crippen LogP contribution in [0.2, 0.25) is 0 Å². The number of nitrogens with one attached hydrogen (secondary N) is 3. The topological polar surface area (TPSA) is 149 Å². The number of carbonyl (C=O) groups excluding carboxylic acids is 1. The average Bonchev–Trinajstić information content (AvgIpc) is 3.55. The number of benzene rings is 1. The van der Waals surface area contributed by atoms with E-state index in [9.17, 15) is 4.79 Å². The molecule has 32 heavy (non-hydrogen) atoms. The highest BCUT2D eigenvalue weighted by atomic mass is 16.2. The minimum absolute atomic E-state index is 0.0454. The number of aliphatic imine (C=N–C) groups is 2. The van der Waals surface area contributed by atoms with Gasteiger partial charge in [-0.25, -0.2) is 9.98 Å². The molecule has 9 heteroatoms. The molecule has 1 aromatic carbocycles. The number of aromatic nitrogens is 1. The largest absolute Gasteiger partial charge is 0.390 e. The number of amidine groups is 2. The summed E-state index contributed by atoms with van der Waals surface area (Å²) in [4.78, 5) is 26.6. The van der Waals surface area contributed by atoms with Gasteiger partial charge in [-0.3, -0.25) is 15.1 Å². The van der Waals surface area contributed by atoms with E-state index >= 15 is 0 Å². The third-order valence-corrected chi connectivity index (χ3v) is 5.85.